The van der Waals surface area contributed by atoms with Gasteiger partial charge < -0.3 is 5.32 Å². The van der Waals surface area contributed by atoms with E-state index in [0.29, 0.717) is 12.0 Å². The minimum Gasteiger partial charge on any atom is -0.309 e. The molecule has 0 saturated carbocycles. The van der Waals surface area contributed by atoms with Gasteiger partial charge in [0.1, 0.15) is 5.01 Å². The van der Waals surface area contributed by atoms with Crippen LogP contribution in [-0.2, 0) is 5.54 Å². The van der Waals surface area contributed by atoms with Gasteiger partial charge in [-0.15, -0.1) is 11.3 Å². The summed E-state index contributed by atoms with van der Waals surface area (Å²) >= 11 is 1.76. The molecule has 19 heavy (non-hydrogen) atoms. The van der Waals surface area contributed by atoms with Gasteiger partial charge >= 0.3 is 0 Å². The molecule has 2 rings (SSSR count). The molecule has 1 unspecified atom stereocenters. The Balaban J connectivity index is 2.31. The molecule has 0 aliphatic carbocycles. The van der Waals surface area contributed by atoms with Crippen LogP contribution in [0.5, 0.6) is 0 Å². The molecule has 0 amide bonds. The lowest BCUT2D eigenvalue weighted by molar-refractivity contribution is -0.0118. The number of nitrogens with zero attached hydrogens (tertiary/aromatic N) is 2. The van der Waals surface area contributed by atoms with E-state index in [2.05, 4.69) is 62.1 Å². The third-order valence-electron chi connectivity index (χ3n) is 4.20. The number of aromatic nitrogens is 1. The number of rotatable bonds is 3. The molecule has 1 aromatic heterocycles. The Morgan fingerprint density at radius 3 is 2.68 bits per heavy atom. The minimum atomic E-state index is 0.00245. The Morgan fingerprint density at radius 2 is 2.16 bits per heavy atom. The third-order valence-corrected chi connectivity index (χ3v) is 5.28. The van der Waals surface area contributed by atoms with E-state index in [0.717, 1.165) is 13.1 Å². The van der Waals surface area contributed by atoms with Crippen molar-refractivity contribution < 1.29 is 0 Å². The summed E-state index contributed by atoms with van der Waals surface area (Å²) in [7, 11) is 0. The molecular formula is C15H27N3S. The highest BCUT2D eigenvalue weighted by Crippen LogP contribution is 2.35. The van der Waals surface area contributed by atoms with Gasteiger partial charge in [-0.1, -0.05) is 13.8 Å². The summed E-state index contributed by atoms with van der Waals surface area (Å²) in [6.45, 7) is 15.9. The van der Waals surface area contributed by atoms with E-state index < -0.39 is 0 Å². The van der Waals surface area contributed by atoms with Crippen molar-refractivity contribution in [3.05, 3.63) is 16.6 Å². The van der Waals surface area contributed by atoms with Crippen LogP contribution in [0.15, 0.2) is 11.6 Å². The van der Waals surface area contributed by atoms with Crippen molar-refractivity contribution in [1.29, 1.82) is 0 Å². The van der Waals surface area contributed by atoms with Gasteiger partial charge in [0, 0.05) is 36.2 Å². The van der Waals surface area contributed by atoms with Gasteiger partial charge in [0.05, 0.1) is 5.54 Å². The second kappa shape index (κ2) is 5.15. The van der Waals surface area contributed by atoms with E-state index in [1.165, 1.54) is 5.01 Å². The lowest BCUT2D eigenvalue weighted by atomic mass is 9.88. The first-order valence-electron chi connectivity index (χ1n) is 7.16. The molecule has 4 heteroatoms. The van der Waals surface area contributed by atoms with E-state index in [-0.39, 0.29) is 11.1 Å². The lowest BCUT2D eigenvalue weighted by Gasteiger charge is -2.52. The van der Waals surface area contributed by atoms with E-state index >= 15 is 0 Å². The van der Waals surface area contributed by atoms with E-state index in [9.17, 15) is 0 Å². The Morgan fingerprint density at radius 1 is 1.47 bits per heavy atom. The van der Waals surface area contributed by atoms with Crippen molar-refractivity contribution in [2.45, 2.75) is 58.7 Å². The molecule has 0 aromatic carbocycles. The summed E-state index contributed by atoms with van der Waals surface area (Å²) < 4.78 is 0. The maximum Gasteiger partial charge on any atom is 0.112 e. The fourth-order valence-corrected chi connectivity index (χ4v) is 3.72. The zero-order valence-electron chi connectivity index (χ0n) is 13.0. The minimum absolute atomic E-state index is 0.00245. The average Bonchev–Trinajstić information content (AvgIpc) is 2.81. The molecule has 0 spiro atoms. The predicted molar refractivity (Wildman–Crippen MR) is 82.6 cm³/mol. The summed E-state index contributed by atoms with van der Waals surface area (Å²) in [6.07, 6.45) is 1.92. The monoisotopic (exact) mass is 281 g/mol. The number of piperazine rings is 1. The number of hydrogen-bond acceptors (Lipinski definition) is 4. The lowest BCUT2D eigenvalue weighted by Crippen LogP contribution is -2.66. The first-order chi connectivity index (χ1) is 8.74. The van der Waals surface area contributed by atoms with Crippen LogP contribution >= 0.6 is 11.3 Å². The second-order valence-corrected chi connectivity index (χ2v) is 7.99. The summed E-state index contributed by atoms with van der Waals surface area (Å²) in [5, 5.41) is 6.98. The molecular weight excluding hydrogens is 254 g/mol. The fourth-order valence-electron chi connectivity index (χ4n) is 2.95. The molecule has 0 radical (unpaired) electrons. The Bertz CT molecular complexity index is 409. The Kier molecular flexibility index (Phi) is 4.05. The van der Waals surface area contributed by atoms with E-state index in [1.807, 2.05) is 6.20 Å². The molecule has 1 atom stereocenters. The van der Waals surface area contributed by atoms with E-state index in [1.54, 1.807) is 11.3 Å². The van der Waals surface area contributed by atoms with Crippen molar-refractivity contribution >= 4 is 11.3 Å². The van der Waals surface area contributed by atoms with Crippen molar-refractivity contribution in [1.82, 2.24) is 15.2 Å². The highest BCUT2D eigenvalue weighted by molar-refractivity contribution is 7.09. The predicted octanol–water partition coefficient (Wildman–Crippen LogP) is 3.09. The van der Waals surface area contributed by atoms with Crippen LogP contribution in [0.3, 0.4) is 0 Å². The molecule has 1 fully saturated rings. The van der Waals surface area contributed by atoms with Crippen LogP contribution in [0.4, 0.5) is 0 Å². The smallest absolute Gasteiger partial charge is 0.112 e. The zero-order valence-corrected chi connectivity index (χ0v) is 13.8. The molecule has 0 bridgehead atoms. The van der Waals surface area contributed by atoms with Crippen LogP contribution in [0, 0.1) is 5.92 Å². The van der Waals surface area contributed by atoms with Crippen molar-refractivity contribution in [3.8, 4) is 0 Å². The van der Waals surface area contributed by atoms with Gasteiger partial charge in [-0.2, -0.15) is 0 Å². The SMILES string of the molecule is CC(C)C1CNC(C)(C)CN1C(C)(C)c1nccs1. The maximum absolute atomic E-state index is 4.56. The van der Waals surface area contributed by atoms with E-state index in [4.69, 9.17) is 0 Å². The number of hydrogen-bond donors (Lipinski definition) is 1. The van der Waals surface area contributed by atoms with Crippen LogP contribution in [0.25, 0.3) is 0 Å². The average molecular weight is 281 g/mol. The van der Waals surface area contributed by atoms with Crippen molar-refractivity contribution in [2.24, 2.45) is 5.92 Å². The summed E-state index contributed by atoms with van der Waals surface area (Å²) in [6, 6.07) is 0.562. The molecule has 108 valence electrons. The first kappa shape index (κ1) is 14.9. The maximum atomic E-state index is 4.56. The first-order valence-corrected chi connectivity index (χ1v) is 8.04. The Hall–Kier alpha value is -0.450. The van der Waals surface area contributed by atoms with Gasteiger partial charge in [0.15, 0.2) is 0 Å². The zero-order chi connectivity index (χ0) is 14.3. The topological polar surface area (TPSA) is 28.2 Å². The van der Waals surface area contributed by atoms with Crippen molar-refractivity contribution in [2.75, 3.05) is 13.1 Å². The molecule has 1 aliphatic rings. The summed E-state index contributed by atoms with van der Waals surface area (Å²) in [5.74, 6) is 0.642. The molecule has 1 saturated heterocycles. The highest BCUT2D eigenvalue weighted by Gasteiger charge is 2.43. The molecule has 2 heterocycles. The second-order valence-electron chi connectivity index (χ2n) is 7.10. The summed E-state index contributed by atoms with van der Waals surface area (Å²) in [5.41, 5.74) is 0.169. The number of nitrogens with one attached hydrogen (secondary N) is 1. The van der Waals surface area contributed by atoms with Crippen molar-refractivity contribution in [3.63, 3.8) is 0 Å². The largest absolute Gasteiger partial charge is 0.309 e. The highest BCUT2D eigenvalue weighted by atomic mass is 32.1. The molecule has 1 aliphatic heterocycles. The molecule has 3 nitrogen and oxygen atoms in total. The molecule has 1 N–H and O–H groups in total. The third kappa shape index (κ3) is 3.01. The molecule has 1 aromatic rings. The van der Waals surface area contributed by atoms with Gasteiger partial charge in [-0.3, -0.25) is 4.90 Å². The standard InChI is InChI=1S/C15H27N3S/c1-11(2)12-9-17-14(3,4)10-18(12)15(5,6)13-16-7-8-19-13/h7-8,11-12,17H,9-10H2,1-6H3. The normalized spacial score (nSPS) is 24.9. The fraction of sp³-hybridized carbons (Fsp3) is 0.800. The van der Waals surface area contributed by atoms with Crippen LogP contribution in [0.1, 0.15) is 46.6 Å². The van der Waals surface area contributed by atoms with Gasteiger partial charge in [0.2, 0.25) is 0 Å². The van der Waals surface area contributed by atoms with Crippen LogP contribution < -0.4 is 5.32 Å². The van der Waals surface area contributed by atoms with Gasteiger partial charge in [-0.25, -0.2) is 4.98 Å². The quantitative estimate of drug-likeness (QED) is 0.923. The van der Waals surface area contributed by atoms with Gasteiger partial charge in [-0.05, 0) is 33.6 Å². The summed E-state index contributed by atoms with van der Waals surface area (Å²) in [4.78, 5) is 7.21. The Labute approximate surface area is 121 Å². The van der Waals surface area contributed by atoms with Crippen LogP contribution in [0.2, 0.25) is 0 Å². The van der Waals surface area contributed by atoms with Gasteiger partial charge in [0.25, 0.3) is 0 Å². The number of thiazole rings is 1. The van der Waals surface area contributed by atoms with Crippen LogP contribution in [-0.4, -0.2) is 34.6 Å².